The fourth-order valence-electron chi connectivity index (χ4n) is 3.54. The van der Waals surface area contributed by atoms with Crippen LogP contribution in [0.4, 0.5) is 0 Å². The molecule has 158 valence electrons. The van der Waals surface area contributed by atoms with Crippen LogP contribution in [0.15, 0.2) is 42.5 Å². The second-order valence-electron chi connectivity index (χ2n) is 7.30. The van der Waals surface area contributed by atoms with E-state index in [2.05, 4.69) is 10.6 Å². The summed E-state index contributed by atoms with van der Waals surface area (Å²) in [6, 6.07) is 12.8. The Morgan fingerprint density at radius 1 is 1.03 bits per heavy atom. The van der Waals surface area contributed by atoms with E-state index in [1.165, 1.54) is 0 Å². The van der Waals surface area contributed by atoms with Crippen molar-refractivity contribution in [1.29, 1.82) is 0 Å². The minimum absolute atomic E-state index is 0.0767. The molecule has 0 aliphatic rings. The molecule has 6 nitrogen and oxygen atoms in total. The van der Waals surface area contributed by atoms with Crippen LogP contribution in [0.5, 0.6) is 0 Å². The van der Waals surface area contributed by atoms with Crippen LogP contribution in [0, 0.1) is 13.8 Å². The zero-order chi connectivity index (χ0) is 21.7. The Morgan fingerprint density at radius 2 is 1.77 bits per heavy atom. The van der Waals surface area contributed by atoms with E-state index in [0.29, 0.717) is 36.8 Å². The van der Waals surface area contributed by atoms with E-state index >= 15 is 0 Å². The molecule has 0 spiro atoms. The molecule has 0 fully saturated rings. The van der Waals surface area contributed by atoms with Crippen LogP contribution in [-0.2, 0) is 11.2 Å². The molecule has 1 amide bonds. The highest BCUT2D eigenvalue weighted by Gasteiger charge is 2.21. The van der Waals surface area contributed by atoms with Gasteiger partial charge in [-0.2, -0.15) is 0 Å². The van der Waals surface area contributed by atoms with Crippen molar-refractivity contribution >= 4 is 34.3 Å². The Labute approximate surface area is 181 Å². The summed E-state index contributed by atoms with van der Waals surface area (Å²) in [5.41, 5.74) is 9.49. The van der Waals surface area contributed by atoms with Crippen molar-refractivity contribution < 1.29 is 9.59 Å². The number of carbonyl (C=O) groups is 2. The summed E-state index contributed by atoms with van der Waals surface area (Å²) in [6.45, 7) is 6.36. The number of hydrogen-bond acceptors (Lipinski definition) is 4. The quantitative estimate of drug-likeness (QED) is 0.483. The molecular formula is C23H27ClN4O2. The second kappa shape index (κ2) is 9.89. The fourth-order valence-corrected chi connectivity index (χ4v) is 3.67. The zero-order valence-corrected chi connectivity index (χ0v) is 18.1. The number of benzene rings is 2. The number of amides is 1. The predicted octanol–water partition coefficient (Wildman–Crippen LogP) is 2.81. The minimum Gasteiger partial charge on any atom is -0.355 e. The number of carbonyl (C=O) groups excluding carboxylic acids is 2. The van der Waals surface area contributed by atoms with Gasteiger partial charge in [-0.25, -0.2) is 0 Å². The highest BCUT2D eigenvalue weighted by Crippen LogP contribution is 2.28. The van der Waals surface area contributed by atoms with Gasteiger partial charge >= 0.3 is 0 Å². The van der Waals surface area contributed by atoms with Gasteiger partial charge in [-0.1, -0.05) is 23.2 Å². The van der Waals surface area contributed by atoms with Gasteiger partial charge in [-0.3, -0.25) is 14.2 Å². The van der Waals surface area contributed by atoms with Gasteiger partial charge in [-0.15, -0.1) is 0 Å². The molecule has 3 rings (SSSR count). The number of nitrogens with two attached hydrogens (primary N) is 1. The van der Waals surface area contributed by atoms with Crippen molar-refractivity contribution in [3.05, 3.63) is 69.9 Å². The van der Waals surface area contributed by atoms with Crippen LogP contribution in [0.25, 0.3) is 10.9 Å². The molecule has 0 unspecified atom stereocenters. The number of rotatable bonds is 8. The number of aromatic nitrogens is 1. The molecule has 0 saturated heterocycles. The van der Waals surface area contributed by atoms with Gasteiger partial charge in [0.05, 0.1) is 11.9 Å². The third-order valence-electron chi connectivity index (χ3n) is 5.07. The van der Waals surface area contributed by atoms with Crippen LogP contribution in [0.1, 0.15) is 27.2 Å². The topological polar surface area (TPSA) is 89.2 Å². The summed E-state index contributed by atoms with van der Waals surface area (Å²) in [5, 5.41) is 7.57. The Bertz CT molecular complexity index is 1060. The van der Waals surface area contributed by atoms with Gasteiger partial charge in [0.15, 0.2) is 0 Å². The van der Waals surface area contributed by atoms with Crippen molar-refractivity contribution in [2.45, 2.75) is 20.3 Å². The summed E-state index contributed by atoms with van der Waals surface area (Å²) in [7, 11) is 0. The Kier molecular flexibility index (Phi) is 7.26. The van der Waals surface area contributed by atoms with Crippen molar-refractivity contribution in [1.82, 2.24) is 15.2 Å². The maximum Gasteiger partial charge on any atom is 0.262 e. The normalized spacial score (nSPS) is 11.1. The van der Waals surface area contributed by atoms with E-state index < -0.39 is 0 Å². The molecule has 3 aromatic rings. The zero-order valence-electron chi connectivity index (χ0n) is 17.3. The Balaban J connectivity index is 1.90. The lowest BCUT2D eigenvalue weighted by atomic mass is 10.1. The molecule has 0 saturated carbocycles. The molecule has 0 bridgehead atoms. The smallest absolute Gasteiger partial charge is 0.262 e. The first-order valence-corrected chi connectivity index (χ1v) is 10.4. The molecule has 0 aliphatic heterocycles. The van der Waals surface area contributed by atoms with E-state index in [0.717, 1.165) is 27.7 Å². The largest absolute Gasteiger partial charge is 0.355 e. The van der Waals surface area contributed by atoms with E-state index in [1.54, 1.807) is 28.8 Å². The molecule has 0 aliphatic carbocycles. The third-order valence-corrected chi connectivity index (χ3v) is 5.32. The van der Waals surface area contributed by atoms with E-state index in [4.69, 9.17) is 17.3 Å². The molecule has 0 atom stereocenters. The first-order valence-electron chi connectivity index (χ1n) is 10.0. The van der Waals surface area contributed by atoms with Crippen molar-refractivity contribution in [2.24, 2.45) is 5.73 Å². The number of halogens is 1. The average molecular weight is 427 g/mol. The van der Waals surface area contributed by atoms with Gasteiger partial charge in [0, 0.05) is 47.8 Å². The van der Waals surface area contributed by atoms with Gasteiger partial charge < -0.3 is 16.4 Å². The van der Waals surface area contributed by atoms with Crippen LogP contribution < -0.4 is 16.4 Å². The van der Waals surface area contributed by atoms with Crippen LogP contribution in [0.3, 0.4) is 0 Å². The molecule has 30 heavy (non-hydrogen) atoms. The van der Waals surface area contributed by atoms with Crippen LogP contribution >= 0.6 is 11.6 Å². The fraction of sp³-hybridized carbons (Fsp3) is 0.304. The van der Waals surface area contributed by atoms with E-state index in [9.17, 15) is 9.59 Å². The number of nitrogens with one attached hydrogen (secondary N) is 2. The highest BCUT2D eigenvalue weighted by molar-refractivity contribution is 6.30. The van der Waals surface area contributed by atoms with Gasteiger partial charge in [0.2, 0.25) is 5.91 Å². The molecule has 7 heteroatoms. The molecular weight excluding hydrogens is 400 g/mol. The summed E-state index contributed by atoms with van der Waals surface area (Å²) < 4.78 is 1.68. The average Bonchev–Trinajstić information content (AvgIpc) is 2.99. The first kappa shape index (κ1) is 22.0. The third kappa shape index (κ3) is 4.90. The molecule has 4 N–H and O–H groups in total. The lowest BCUT2D eigenvalue weighted by molar-refractivity contribution is -0.120. The second-order valence-corrected chi connectivity index (χ2v) is 7.73. The van der Waals surface area contributed by atoms with Crippen molar-refractivity contribution in [3.63, 3.8) is 0 Å². The monoisotopic (exact) mass is 426 g/mol. The van der Waals surface area contributed by atoms with Gasteiger partial charge in [-0.05, 0) is 55.8 Å². The summed E-state index contributed by atoms with van der Waals surface area (Å²) >= 11 is 5.96. The maximum atomic E-state index is 13.2. The van der Waals surface area contributed by atoms with E-state index in [1.807, 2.05) is 32.0 Å². The minimum atomic E-state index is -0.143. The maximum absolute atomic E-state index is 13.2. The predicted molar refractivity (Wildman–Crippen MR) is 121 cm³/mol. The van der Waals surface area contributed by atoms with Crippen molar-refractivity contribution in [3.8, 4) is 0 Å². The summed E-state index contributed by atoms with van der Waals surface area (Å²) in [4.78, 5) is 25.8. The Hall–Kier alpha value is -2.67. The molecule has 0 radical (unpaired) electrons. The standard InChI is InChI=1S/C23H27ClN4O2/c1-15-3-8-21-20(13-15)19(14-22(29)27-12-11-26-10-9-25)16(2)28(21)23(30)17-4-6-18(24)7-5-17/h3-8,13,26H,9-12,14,25H2,1-2H3,(H,27,29). The van der Waals surface area contributed by atoms with Gasteiger partial charge in [0.1, 0.15) is 0 Å². The molecule has 1 aromatic heterocycles. The number of hydrogen-bond donors (Lipinski definition) is 3. The first-order chi connectivity index (χ1) is 14.4. The number of aryl methyl sites for hydroxylation is 1. The van der Waals surface area contributed by atoms with Gasteiger partial charge in [0.25, 0.3) is 5.91 Å². The SMILES string of the molecule is Cc1ccc2c(c1)c(CC(=O)NCCNCCN)c(C)n2C(=O)c1ccc(Cl)cc1. The number of nitrogens with zero attached hydrogens (tertiary/aromatic N) is 1. The van der Waals surface area contributed by atoms with Crippen LogP contribution in [0.2, 0.25) is 5.02 Å². The van der Waals surface area contributed by atoms with Crippen molar-refractivity contribution in [2.75, 3.05) is 26.2 Å². The lowest BCUT2D eigenvalue weighted by Crippen LogP contribution is -2.34. The lowest BCUT2D eigenvalue weighted by Gasteiger charge is -2.09. The molecule has 2 aromatic carbocycles. The number of fused-ring (bicyclic) bond motifs is 1. The highest BCUT2D eigenvalue weighted by atomic mass is 35.5. The summed E-state index contributed by atoms with van der Waals surface area (Å²) in [5.74, 6) is -0.220. The Morgan fingerprint density at radius 3 is 2.47 bits per heavy atom. The van der Waals surface area contributed by atoms with Crippen LogP contribution in [-0.4, -0.2) is 42.6 Å². The van der Waals surface area contributed by atoms with E-state index in [-0.39, 0.29) is 18.2 Å². The molecule has 1 heterocycles. The summed E-state index contributed by atoms with van der Waals surface area (Å²) in [6.07, 6.45) is 0.212.